The van der Waals surface area contributed by atoms with Gasteiger partial charge in [-0.05, 0) is 59.3 Å². The van der Waals surface area contributed by atoms with Crippen molar-refractivity contribution in [3.8, 4) is 11.5 Å². The highest BCUT2D eigenvalue weighted by atomic mass is 79.9. The highest BCUT2D eigenvalue weighted by molar-refractivity contribution is 9.10. The second-order valence-corrected chi connectivity index (χ2v) is 6.74. The van der Waals surface area contributed by atoms with Crippen molar-refractivity contribution in [2.45, 2.75) is 6.92 Å². The van der Waals surface area contributed by atoms with Crippen molar-refractivity contribution in [1.29, 1.82) is 0 Å². The molecule has 0 N–H and O–H groups in total. The van der Waals surface area contributed by atoms with Crippen LogP contribution in [0, 0.1) is 6.92 Å². The van der Waals surface area contributed by atoms with Crippen molar-refractivity contribution < 1.29 is 23.5 Å². The lowest BCUT2D eigenvalue weighted by Gasteiger charge is -2.10. The number of furan rings is 1. The van der Waals surface area contributed by atoms with Gasteiger partial charge < -0.3 is 13.9 Å². The van der Waals surface area contributed by atoms with Crippen LogP contribution in [0.25, 0.3) is 6.08 Å². The Balaban J connectivity index is 1.64. The molecular weight excluding hydrogens is 412 g/mol. The minimum Gasteiger partial charge on any atom is -0.465 e. The third-order valence-electron chi connectivity index (χ3n) is 4.15. The Hall–Kier alpha value is -3.12. The van der Waals surface area contributed by atoms with Gasteiger partial charge in [0.1, 0.15) is 17.3 Å². The van der Waals surface area contributed by atoms with Crippen molar-refractivity contribution in [1.82, 2.24) is 0 Å². The van der Waals surface area contributed by atoms with Gasteiger partial charge in [0.05, 0.1) is 17.4 Å². The summed E-state index contributed by atoms with van der Waals surface area (Å²) in [5.74, 6) is 0.660. The minimum absolute atomic E-state index is 0.164. The van der Waals surface area contributed by atoms with Crippen molar-refractivity contribution >= 4 is 33.8 Å². The molecule has 4 rings (SSSR count). The summed E-state index contributed by atoms with van der Waals surface area (Å²) in [6.45, 7) is 1.74. The van der Waals surface area contributed by atoms with Crippen LogP contribution < -0.4 is 9.47 Å². The molecule has 0 spiro atoms. The second-order valence-electron chi connectivity index (χ2n) is 5.89. The first-order chi connectivity index (χ1) is 13.0. The summed E-state index contributed by atoms with van der Waals surface area (Å²) in [6.07, 6.45) is 3.05. The maximum Gasteiger partial charge on any atom is 0.344 e. The van der Waals surface area contributed by atoms with Crippen molar-refractivity contribution in [2.75, 3.05) is 0 Å². The van der Waals surface area contributed by atoms with E-state index in [-0.39, 0.29) is 11.5 Å². The molecule has 3 aromatic rings. The number of ether oxygens (including phenoxy) is 2. The summed E-state index contributed by atoms with van der Waals surface area (Å²) in [6, 6.07) is 13.6. The van der Waals surface area contributed by atoms with E-state index in [0.717, 1.165) is 0 Å². The number of benzene rings is 2. The number of carbonyl (C=O) groups is 2. The Morgan fingerprint density at radius 1 is 1.11 bits per heavy atom. The summed E-state index contributed by atoms with van der Waals surface area (Å²) < 4.78 is 17.1. The second kappa shape index (κ2) is 6.89. The Bertz CT molecular complexity index is 1080. The maximum absolute atomic E-state index is 12.5. The van der Waals surface area contributed by atoms with Gasteiger partial charge in [-0.2, -0.15) is 0 Å². The van der Waals surface area contributed by atoms with E-state index in [1.54, 1.807) is 49.4 Å². The lowest BCUT2D eigenvalue weighted by molar-refractivity contribution is 0.0732. The fourth-order valence-corrected chi connectivity index (χ4v) is 3.21. The molecule has 27 heavy (non-hydrogen) atoms. The molecule has 1 aromatic heterocycles. The summed E-state index contributed by atoms with van der Waals surface area (Å²) in [7, 11) is 0. The Kier molecular flexibility index (Phi) is 4.41. The first kappa shape index (κ1) is 17.3. The van der Waals surface area contributed by atoms with Crippen LogP contribution in [0.15, 0.2) is 69.4 Å². The van der Waals surface area contributed by atoms with E-state index in [0.29, 0.717) is 38.4 Å². The number of fused-ring (bicyclic) bond motifs is 1. The molecule has 0 bridgehead atoms. The lowest BCUT2D eigenvalue weighted by Crippen LogP contribution is -2.10. The van der Waals surface area contributed by atoms with Crippen LogP contribution in [0.1, 0.15) is 32.0 Å². The van der Waals surface area contributed by atoms with E-state index in [4.69, 9.17) is 13.9 Å². The zero-order valence-corrected chi connectivity index (χ0v) is 15.8. The number of allylic oxidation sites excluding steroid dienone is 1. The molecule has 5 nitrogen and oxygen atoms in total. The lowest BCUT2D eigenvalue weighted by atomic mass is 10.1. The van der Waals surface area contributed by atoms with E-state index in [1.165, 1.54) is 12.3 Å². The van der Waals surface area contributed by atoms with Crippen LogP contribution in [0.5, 0.6) is 11.5 Å². The van der Waals surface area contributed by atoms with Gasteiger partial charge in [-0.25, -0.2) is 4.79 Å². The largest absolute Gasteiger partial charge is 0.465 e. The monoisotopic (exact) mass is 424 g/mol. The van der Waals surface area contributed by atoms with Gasteiger partial charge in [-0.1, -0.05) is 12.1 Å². The maximum atomic E-state index is 12.5. The number of halogens is 1. The van der Waals surface area contributed by atoms with E-state index >= 15 is 0 Å². The molecule has 1 aliphatic heterocycles. The van der Waals surface area contributed by atoms with Crippen LogP contribution in [0.4, 0.5) is 0 Å². The zero-order chi connectivity index (χ0) is 19.0. The molecule has 0 aliphatic carbocycles. The quantitative estimate of drug-likeness (QED) is 0.329. The van der Waals surface area contributed by atoms with Crippen molar-refractivity contribution in [2.24, 2.45) is 0 Å². The molecule has 2 aromatic carbocycles. The SMILES string of the molecule is Cc1c(OC(=O)c2ccccc2Br)ccc2c1O/C(=C\c1ccco1)C2=O. The standard InChI is InChI=1S/C21H13BrO5/c1-12-17(27-21(24)14-6-2-3-7-16(14)22)9-8-15-19(23)18(26-20(12)15)11-13-5-4-10-25-13/h2-11H,1H3/b18-11-. The van der Waals surface area contributed by atoms with Gasteiger partial charge in [-0.3, -0.25) is 4.79 Å². The molecule has 0 saturated carbocycles. The third kappa shape index (κ3) is 3.19. The Labute approximate surface area is 163 Å². The normalized spacial score (nSPS) is 14.1. The molecule has 2 heterocycles. The van der Waals surface area contributed by atoms with Gasteiger partial charge in [0, 0.05) is 16.1 Å². The van der Waals surface area contributed by atoms with E-state index < -0.39 is 5.97 Å². The van der Waals surface area contributed by atoms with Crippen LogP contribution in [0.3, 0.4) is 0 Å². The molecule has 134 valence electrons. The zero-order valence-electron chi connectivity index (χ0n) is 14.2. The van der Waals surface area contributed by atoms with Gasteiger partial charge >= 0.3 is 5.97 Å². The summed E-state index contributed by atoms with van der Waals surface area (Å²) in [5, 5.41) is 0. The van der Waals surface area contributed by atoms with Gasteiger partial charge in [0.25, 0.3) is 0 Å². The Morgan fingerprint density at radius 3 is 2.67 bits per heavy atom. The molecule has 0 unspecified atom stereocenters. The van der Waals surface area contributed by atoms with Gasteiger partial charge in [0.2, 0.25) is 5.78 Å². The molecule has 0 atom stereocenters. The fraction of sp³-hybridized carbons (Fsp3) is 0.0476. The number of Topliss-reactive ketones (excluding diaryl/α,β-unsaturated/α-hetero) is 1. The van der Waals surface area contributed by atoms with Crippen LogP contribution in [-0.4, -0.2) is 11.8 Å². The summed E-state index contributed by atoms with van der Waals surface area (Å²) in [5.41, 5.74) is 1.41. The van der Waals surface area contributed by atoms with Gasteiger partial charge in [-0.15, -0.1) is 0 Å². The smallest absolute Gasteiger partial charge is 0.344 e. The molecule has 0 amide bonds. The predicted molar refractivity (Wildman–Crippen MR) is 102 cm³/mol. The molecular formula is C21H13BrO5. The predicted octanol–water partition coefficient (Wildman–Crippen LogP) is 5.19. The minimum atomic E-state index is -0.499. The highest BCUT2D eigenvalue weighted by Gasteiger charge is 2.31. The first-order valence-electron chi connectivity index (χ1n) is 8.12. The van der Waals surface area contributed by atoms with Crippen molar-refractivity contribution in [3.63, 3.8) is 0 Å². The number of ketones is 1. The highest BCUT2D eigenvalue weighted by Crippen LogP contribution is 2.39. The van der Waals surface area contributed by atoms with Crippen LogP contribution >= 0.6 is 15.9 Å². The van der Waals surface area contributed by atoms with Crippen LogP contribution in [-0.2, 0) is 0 Å². The number of hydrogen-bond acceptors (Lipinski definition) is 5. The number of hydrogen-bond donors (Lipinski definition) is 0. The van der Waals surface area contributed by atoms with Gasteiger partial charge in [0.15, 0.2) is 5.76 Å². The van der Waals surface area contributed by atoms with E-state index in [9.17, 15) is 9.59 Å². The topological polar surface area (TPSA) is 65.7 Å². The first-order valence-corrected chi connectivity index (χ1v) is 8.92. The van der Waals surface area contributed by atoms with Crippen molar-refractivity contribution in [3.05, 3.63) is 87.5 Å². The number of carbonyl (C=O) groups excluding carboxylic acids is 2. The third-order valence-corrected chi connectivity index (χ3v) is 4.84. The average molecular weight is 425 g/mol. The Morgan fingerprint density at radius 2 is 1.93 bits per heavy atom. The molecule has 6 heteroatoms. The number of rotatable bonds is 3. The number of esters is 1. The van der Waals surface area contributed by atoms with E-state index in [2.05, 4.69) is 15.9 Å². The summed E-state index contributed by atoms with van der Waals surface area (Å²) in [4.78, 5) is 25.0. The molecule has 0 radical (unpaired) electrons. The molecule has 0 saturated heterocycles. The van der Waals surface area contributed by atoms with E-state index in [1.807, 2.05) is 6.07 Å². The average Bonchev–Trinajstić information content (AvgIpc) is 3.27. The summed E-state index contributed by atoms with van der Waals surface area (Å²) >= 11 is 3.34. The molecule has 1 aliphatic rings. The fourth-order valence-electron chi connectivity index (χ4n) is 2.76. The van der Waals surface area contributed by atoms with Crippen LogP contribution in [0.2, 0.25) is 0 Å². The molecule has 0 fully saturated rings.